The first-order valence-electron chi connectivity index (χ1n) is 8.82. The number of carbonyl (C=O) groups excluding carboxylic acids is 2. The summed E-state index contributed by atoms with van der Waals surface area (Å²) >= 11 is 0. The van der Waals surface area contributed by atoms with Crippen LogP contribution in [0.3, 0.4) is 0 Å². The van der Waals surface area contributed by atoms with Crippen LogP contribution >= 0.6 is 0 Å². The van der Waals surface area contributed by atoms with E-state index >= 15 is 0 Å². The number of halogens is 1. The van der Waals surface area contributed by atoms with Crippen LogP contribution in [0.4, 0.5) is 9.18 Å². The highest BCUT2D eigenvalue weighted by Crippen LogP contribution is 2.29. The second-order valence-electron chi connectivity index (χ2n) is 6.27. The Labute approximate surface area is 167 Å². The van der Waals surface area contributed by atoms with Gasteiger partial charge in [-0.2, -0.15) is 0 Å². The third-order valence-corrected chi connectivity index (χ3v) is 5.95. The zero-order chi connectivity index (χ0) is 21.0. The van der Waals surface area contributed by atoms with Crippen molar-refractivity contribution in [2.24, 2.45) is 0 Å². The molecule has 7 nitrogen and oxygen atoms in total. The highest BCUT2D eigenvalue weighted by molar-refractivity contribution is 7.91. The molecule has 0 radical (unpaired) electrons. The molecule has 0 saturated heterocycles. The molecule has 1 atom stereocenters. The van der Waals surface area contributed by atoms with Gasteiger partial charge in [0.25, 0.3) is 0 Å². The number of amides is 2. The molecular weight excluding hydrogens is 399 g/mol. The third kappa shape index (κ3) is 4.62. The quantitative estimate of drug-likeness (QED) is 0.554. The first-order valence-corrected chi connectivity index (χ1v) is 10.5. The number of ether oxygens (including phenoxy) is 1. The number of nitrogens with one attached hydrogen (secondary N) is 2. The summed E-state index contributed by atoms with van der Waals surface area (Å²) < 4.78 is 43.9. The first-order chi connectivity index (χ1) is 13.8. The molecule has 1 aliphatic heterocycles. The fraction of sp³-hybridized carbons (Fsp3) is 0.200. The molecule has 0 unspecified atom stereocenters. The van der Waals surface area contributed by atoms with Crippen LogP contribution in [-0.4, -0.2) is 32.8 Å². The lowest BCUT2D eigenvalue weighted by Gasteiger charge is -2.29. The van der Waals surface area contributed by atoms with Crippen molar-refractivity contribution in [1.82, 2.24) is 10.6 Å². The lowest BCUT2D eigenvalue weighted by atomic mass is 9.95. The largest absolute Gasteiger partial charge is 0.463 e. The molecule has 1 aliphatic rings. The molecule has 2 aromatic rings. The summed E-state index contributed by atoms with van der Waals surface area (Å²) in [6, 6.07) is 11.5. The summed E-state index contributed by atoms with van der Waals surface area (Å²) in [6.45, 7) is 1.70. The topological polar surface area (TPSA) is 102 Å². The van der Waals surface area contributed by atoms with Crippen molar-refractivity contribution in [1.29, 1.82) is 0 Å². The van der Waals surface area contributed by atoms with Gasteiger partial charge >= 0.3 is 12.0 Å². The first kappa shape index (κ1) is 20.5. The maximum Gasteiger partial charge on any atom is 0.338 e. The molecule has 2 aromatic carbocycles. The van der Waals surface area contributed by atoms with Crippen molar-refractivity contribution in [3.05, 3.63) is 77.2 Å². The van der Waals surface area contributed by atoms with E-state index in [1.54, 1.807) is 37.3 Å². The minimum absolute atomic E-state index is 0.00309. The Hall–Kier alpha value is -3.20. The van der Waals surface area contributed by atoms with Crippen molar-refractivity contribution < 1.29 is 27.1 Å². The summed E-state index contributed by atoms with van der Waals surface area (Å²) in [7, 11) is -3.96. The van der Waals surface area contributed by atoms with Gasteiger partial charge in [0.15, 0.2) is 9.84 Å². The van der Waals surface area contributed by atoms with Crippen LogP contribution in [0.15, 0.2) is 70.8 Å². The van der Waals surface area contributed by atoms with E-state index in [-0.39, 0.29) is 22.8 Å². The van der Waals surface area contributed by atoms with E-state index in [0.717, 1.165) is 24.3 Å². The molecule has 0 fully saturated rings. The predicted molar refractivity (Wildman–Crippen MR) is 103 cm³/mol. The summed E-state index contributed by atoms with van der Waals surface area (Å²) in [4.78, 5) is 24.7. The minimum Gasteiger partial charge on any atom is -0.463 e. The lowest BCUT2D eigenvalue weighted by Crippen LogP contribution is -2.47. The highest BCUT2D eigenvalue weighted by Gasteiger charge is 2.35. The number of hydrogen-bond acceptors (Lipinski definition) is 5. The third-order valence-electron chi connectivity index (χ3n) is 4.29. The van der Waals surface area contributed by atoms with Crippen LogP contribution in [-0.2, 0) is 19.4 Å². The summed E-state index contributed by atoms with van der Waals surface area (Å²) in [5.41, 5.74) is 0.524. The summed E-state index contributed by atoms with van der Waals surface area (Å²) in [6.07, 6.45) is 0. The zero-order valence-electron chi connectivity index (χ0n) is 15.5. The Balaban J connectivity index is 2.08. The molecule has 9 heteroatoms. The molecule has 0 bridgehead atoms. The van der Waals surface area contributed by atoms with E-state index in [1.165, 1.54) is 0 Å². The van der Waals surface area contributed by atoms with Crippen molar-refractivity contribution >= 4 is 21.8 Å². The predicted octanol–water partition coefficient (Wildman–Crippen LogP) is 2.47. The number of urea groups is 1. The van der Waals surface area contributed by atoms with Crippen LogP contribution in [0.1, 0.15) is 18.5 Å². The molecule has 0 aliphatic carbocycles. The molecule has 0 spiro atoms. The fourth-order valence-electron chi connectivity index (χ4n) is 2.99. The second kappa shape index (κ2) is 8.44. The lowest BCUT2D eigenvalue weighted by molar-refractivity contribution is -0.139. The molecule has 0 aromatic heterocycles. The van der Waals surface area contributed by atoms with Gasteiger partial charge in [0, 0.05) is 5.70 Å². The Morgan fingerprint density at radius 3 is 2.38 bits per heavy atom. The molecule has 29 heavy (non-hydrogen) atoms. The monoisotopic (exact) mass is 418 g/mol. The number of rotatable bonds is 6. The van der Waals surface area contributed by atoms with Gasteiger partial charge in [0.05, 0.1) is 28.9 Å². The van der Waals surface area contributed by atoms with Gasteiger partial charge in [0.2, 0.25) is 0 Å². The van der Waals surface area contributed by atoms with Gasteiger partial charge in [-0.1, -0.05) is 30.3 Å². The van der Waals surface area contributed by atoms with Crippen molar-refractivity contribution in [3.8, 4) is 0 Å². The van der Waals surface area contributed by atoms with Gasteiger partial charge < -0.3 is 15.4 Å². The van der Waals surface area contributed by atoms with E-state index in [9.17, 15) is 22.4 Å². The van der Waals surface area contributed by atoms with Gasteiger partial charge in [-0.15, -0.1) is 0 Å². The Morgan fingerprint density at radius 2 is 1.76 bits per heavy atom. The van der Waals surface area contributed by atoms with Crippen LogP contribution in [0.25, 0.3) is 0 Å². The Kier molecular flexibility index (Phi) is 5.97. The average Bonchev–Trinajstić information content (AvgIpc) is 2.68. The standard InChI is InChI=1S/C20H19FN2O5S/c1-2-28-19(24)17-16(12-29(26,27)15-10-8-14(21)9-11-15)22-20(25)23-18(17)13-6-4-3-5-7-13/h3-11,18H,2,12H2,1H3,(H2,22,23,25)/t18-/m1/s1. The normalized spacial score (nSPS) is 16.8. The number of benzene rings is 2. The molecule has 152 valence electrons. The molecule has 3 rings (SSSR count). The number of esters is 1. The van der Waals surface area contributed by atoms with E-state index in [0.29, 0.717) is 5.56 Å². The molecule has 0 saturated carbocycles. The van der Waals surface area contributed by atoms with Gasteiger partial charge in [-0.3, -0.25) is 0 Å². The van der Waals surface area contributed by atoms with Crippen molar-refractivity contribution in [3.63, 3.8) is 0 Å². The van der Waals surface area contributed by atoms with E-state index in [4.69, 9.17) is 4.74 Å². The molecule has 2 N–H and O–H groups in total. The Morgan fingerprint density at radius 1 is 1.10 bits per heavy atom. The van der Waals surface area contributed by atoms with Crippen LogP contribution < -0.4 is 10.6 Å². The molecule has 2 amide bonds. The SMILES string of the molecule is CCOC(=O)C1=C(CS(=O)(=O)c2ccc(F)cc2)NC(=O)N[C@@H]1c1ccccc1. The van der Waals surface area contributed by atoms with Crippen LogP contribution in [0.2, 0.25) is 0 Å². The minimum atomic E-state index is -3.96. The van der Waals surface area contributed by atoms with Gasteiger partial charge in [-0.05, 0) is 36.8 Å². The number of sulfone groups is 1. The van der Waals surface area contributed by atoms with Gasteiger partial charge in [-0.25, -0.2) is 22.4 Å². The van der Waals surface area contributed by atoms with E-state index in [1.807, 2.05) is 0 Å². The van der Waals surface area contributed by atoms with Crippen molar-refractivity contribution in [2.45, 2.75) is 17.9 Å². The van der Waals surface area contributed by atoms with E-state index < -0.39 is 39.4 Å². The maximum atomic E-state index is 13.1. The molecule has 1 heterocycles. The summed E-state index contributed by atoms with van der Waals surface area (Å²) in [5, 5.41) is 5.05. The van der Waals surface area contributed by atoms with Crippen LogP contribution in [0, 0.1) is 5.82 Å². The van der Waals surface area contributed by atoms with Crippen LogP contribution in [0.5, 0.6) is 0 Å². The number of hydrogen-bond donors (Lipinski definition) is 2. The maximum absolute atomic E-state index is 13.1. The fourth-order valence-corrected chi connectivity index (χ4v) is 4.32. The second-order valence-corrected chi connectivity index (χ2v) is 8.26. The van der Waals surface area contributed by atoms with Gasteiger partial charge in [0.1, 0.15) is 5.82 Å². The Bertz CT molecular complexity index is 1050. The van der Waals surface area contributed by atoms with E-state index in [2.05, 4.69) is 10.6 Å². The van der Waals surface area contributed by atoms with Crippen molar-refractivity contribution in [2.75, 3.05) is 12.4 Å². The smallest absolute Gasteiger partial charge is 0.338 e. The number of carbonyl (C=O) groups is 2. The average molecular weight is 418 g/mol. The molecular formula is C20H19FN2O5S. The highest BCUT2D eigenvalue weighted by atomic mass is 32.2. The summed E-state index contributed by atoms with van der Waals surface area (Å²) in [5.74, 6) is -1.96. The zero-order valence-corrected chi connectivity index (χ0v) is 16.3.